The summed E-state index contributed by atoms with van der Waals surface area (Å²) in [5.74, 6) is 0. The maximum Gasteiger partial charge on any atom is 0.146 e. The maximum absolute atomic E-state index is 2.59. The van der Waals surface area contributed by atoms with Gasteiger partial charge < -0.3 is 0 Å². The molecule has 0 amide bonds. The van der Waals surface area contributed by atoms with Gasteiger partial charge in [0.2, 0.25) is 0 Å². The molecule has 0 spiro atoms. The van der Waals surface area contributed by atoms with Gasteiger partial charge in [0.05, 0.1) is 0 Å². The second kappa shape index (κ2) is 7.78. The van der Waals surface area contributed by atoms with E-state index in [9.17, 15) is 0 Å². The lowest BCUT2D eigenvalue weighted by atomic mass is 10.2. The van der Waals surface area contributed by atoms with Gasteiger partial charge in [0, 0.05) is 0 Å². The third kappa shape index (κ3) is 3.84. The lowest BCUT2D eigenvalue weighted by Crippen LogP contribution is -2.63. The Morgan fingerprint density at radius 3 is 1.70 bits per heavy atom. The van der Waals surface area contributed by atoms with Crippen LogP contribution in [0.4, 0.5) is 0 Å². The fourth-order valence-electron chi connectivity index (χ4n) is 3.46. The monoisotopic (exact) mass is 322 g/mol. The van der Waals surface area contributed by atoms with Gasteiger partial charge in [0.1, 0.15) is 8.07 Å². The van der Waals surface area contributed by atoms with Crippen molar-refractivity contribution >= 4 is 18.4 Å². The number of rotatable bonds is 6. The molecule has 0 saturated carbocycles. The molecule has 0 nitrogen and oxygen atoms in total. The topological polar surface area (TPSA) is 0 Å². The summed E-state index contributed by atoms with van der Waals surface area (Å²) < 4.78 is 0. The van der Waals surface area contributed by atoms with Crippen LogP contribution in [0.1, 0.15) is 47.0 Å². The van der Waals surface area contributed by atoms with Crippen molar-refractivity contribution in [3.8, 4) is 0 Å². The molecular formula is C22H30Si. The fraction of sp³-hybridized carbons (Fsp3) is 0.364. The first-order valence-electron chi connectivity index (χ1n) is 8.81. The Balaban J connectivity index is 2.62. The predicted octanol–water partition coefficient (Wildman–Crippen LogP) is 5.34. The van der Waals surface area contributed by atoms with Crippen LogP contribution in [-0.2, 0) is 0 Å². The molecule has 0 heterocycles. The Labute approximate surface area is 143 Å². The zero-order valence-electron chi connectivity index (χ0n) is 15.0. The van der Waals surface area contributed by atoms with Gasteiger partial charge in [0.25, 0.3) is 0 Å². The summed E-state index contributed by atoms with van der Waals surface area (Å²) in [6.45, 7) is 9.48. The summed E-state index contributed by atoms with van der Waals surface area (Å²) in [5, 5.41) is 3.23. The van der Waals surface area contributed by atoms with Crippen LogP contribution in [0.3, 0.4) is 0 Å². The highest BCUT2D eigenvalue weighted by molar-refractivity contribution is 7.07. The summed E-state index contributed by atoms with van der Waals surface area (Å²) >= 11 is 0. The van der Waals surface area contributed by atoms with Crippen molar-refractivity contribution in [1.82, 2.24) is 0 Å². The highest BCUT2D eigenvalue weighted by atomic mass is 28.3. The molecule has 2 aromatic carbocycles. The van der Waals surface area contributed by atoms with Crippen LogP contribution in [0.15, 0.2) is 72.4 Å². The first-order valence-corrected chi connectivity index (χ1v) is 10.9. The average Bonchev–Trinajstić information content (AvgIpc) is 2.55. The Morgan fingerprint density at radius 1 is 0.826 bits per heavy atom. The van der Waals surface area contributed by atoms with Crippen molar-refractivity contribution in [2.24, 2.45) is 0 Å². The number of hydrogen-bond acceptors (Lipinski definition) is 0. The van der Waals surface area contributed by atoms with Gasteiger partial charge >= 0.3 is 0 Å². The number of unbranched alkanes of at least 4 members (excludes halogenated alkanes) is 2. The van der Waals surface area contributed by atoms with Crippen LogP contribution in [-0.4, -0.2) is 8.07 Å². The second-order valence-corrected chi connectivity index (χ2v) is 11.9. The van der Waals surface area contributed by atoms with E-state index in [-0.39, 0.29) is 5.04 Å². The molecule has 0 N–H and O–H groups in total. The van der Waals surface area contributed by atoms with E-state index in [2.05, 4.69) is 100 Å². The molecule has 1 heteroatoms. The minimum atomic E-state index is -1.98. The molecular weight excluding hydrogens is 292 g/mol. The van der Waals surface area contributed by atoms with Crippen LogP contribution in [0, 0.1) is 0 Å². The average molecular weight is 323 g/mol. The Kier molecular flexibility index (Phi) is 6.01. The number of allylic oxidation sites excluding steroid dienone is 1. The summed E-state index contributed by atoms with van der Waals surface area (Å²) in [5.41, 5.74) is 2.59. The quantitative estimate of drug-likeness (QED) is 0.498. The largest absolute Gasteiger partial charge is 0.146 e. The first kappa shape index (κ1) is 17.7. The molecule has 0 aliphatic rings. The van der Waals surface area contributed by atoms with Gasteiger partial charge in [-0.1, -0.05) is 113 Å². The first-order chi connectivity index (χ1) is 11.0. The van der Waals surface area contributed by atoms with E-state index >= 15 is 0 Å². The van der Waals surface area contributed by atoms with E-state index in [1.165, 1.54) is 29.6 Å². The summed E-state index contributed by atoms with van der Waals surface area (Å²) in [4.78, 5) is 0. The van der Waals surface area contributed by atoms with Crippen molar-refractivity contribution in [2.75, 3.05) is 0 Å². The number of hydrogen-bond donors (Lipinski definition) is 0. The van der Waals surface area contributed by atoms with Crippen molar-refractivity contribution in [3.63, 3.8) is 0 Å². The predicted molar refractivity (Wildman–Crippen MR) is 106 cm³/mol. The molecule has 122 valence electrons. The number of benzene rings is 2. The van der Waals surface area contributed by atoms with E-state index in [1.54, 1.807) is 0 Å². The third-order valence-electron chi connectivity index (χ3n) is 4.73. The Bertz CT molecular complexity index is 566. The van der Waals surface area contributed by atoms with E-state index in [0.717, 1.165) is 0 Å². The van der Waals surface area contributed by atoms with Gasteiger partial charge in [0.15, 0.2) is 0 Å². The van der Waals surface area contributed by atoms with E-state index in [4.69, 9.17) is 0 Å². The second-order valence-electron chi connectivity index (χ2n) is 7.33. The van der Waals surface area contributed by atoms with Gasteiger partial charge in [-0.3, -0.25) is 0 Å². The van der Waals surface area contributed by atoms with Crippen LogP contribution >= 0.6 is 0 Å². The molecule has 0 saturated heterocycles. The van der Waals surface area contributed by atoms with E-state index < -0.39 is 8.07 Å². The van der Waals surface area contributed by atoms with Gasteiger partial charge in [-0.2, -0.15) is 0 Å². The molecule has 2 aromatic rings. The summed E-state index contributed by atoms with van der Waals surface area (Å²) in [6.07, 6.45) is 6.15. The summed E-state index contributed by atoms with van der Waals surface area (Å²) in [6, 6.07) is 22.3. The molecule has 2 rings (SSSR count). The van der Waals surface area contributed by atoms with Crippen molar-refractivity contribution in [3.05, 3.63) is 72.4 Å². The highest BCUT2D eigenvalue weighted by Gasteiger charge is 2.45. The normalized spacial score (nSPS) is 12.7. The molecule has 0 fully saturated rings. The zero-order valence-corrected chi connectivity index (χ0v) is 16.0. The van der Waals surface area contributed by atoms with Crippen LogP contribution in [0.2, 0.25) is 5.04 Å². The van der Waals surface area contributed by atoms with Crippen LogP contribution < -0.4 is 10.4 Å². The molecule has 0 radical (unpaired) electrons. The Hall–Kier alpha value is -1.60. The maximum atomic E-state index is 2.59. The highest BCUT2D eigenvalue weighted by Crippen LogP contribution is 2.36. The standard InChI is InChI=1S/C22H30Si/c1-5-6-7-14-19-23(22(2,3)4,20-15-10-8-11-16-20)21-17-12-9-13-18-21/h8-19H,5-7H2,1-4H3/b19-14-. The minimum absolute atomic E-state index is 0.221. The van der Waals surface area contributed by atoms with Gasteiger partial charge in [-0.05, 0) is 21.8 Å². The molecule has 0 aromatic heterocycles. The molecule has 0 aliphatic heterocycles. The van der Waals surface area contributed by atoms with Crippen LogP contribution in [0.5, 0.6) is 0 Å². The lowest BCUT2D eigenvalue weighted by Gasteiger charge is -2.42. The molecule has 0 aliphatic carbocycles. The van der Waals surface area contributed by atoms with E-state index in [1.807, 2.05) is 0 Å². The minimum Gasteiger partial charge on any atom is -0.0917 e. The van der Waals surface area contributed by atoms with Gasteiger partial charge in [-0.25, -0.2) is 0 Å². The van der Waals surface area contributed by atoms with Crippen molar-refractivity contribution in [2.45, 2.75) is 52.0 Å². The SMILES string of the molecule is CCCC/C=C\[Si](c1ccccc1)(c1ccccc1)C(C)(C)C. The zero-order chi connectivity index (χ0) is 16.8. The molecule has 0 unspecified atom stereocenters. The van der Waals surface area contributed by atoms with Crippen molar-refractivity contribution in [1.29, 1.82) is 0 Å². The summed E-state index contributed by atoms with van der Waals surface area (Å²) in [7, 11) is -1.98. The van der Waals surface area contributed by atoms with Crippen LogP contribution in [0.25, 0.3) is 0 Å². The Morgan fingerprint density at radius 2 is 1.30 bits per heavy atom. The third-order valence-corrected chi connectivity index (χ3v) is 10.3. The fourth-order valence-corrected chi connectivity index (χ4v) is 8.37. The lowest BCUT2D eigenvalue weighted by molar-refractivity contribution is 0.738. The van der Waals surface area contributed by atoms with E-state index in [0.29, 0.717) is 0 Å². The molecule has 0 atom stereocenters. The molecule has 23 heavy (non-hydrogen) atoms. The van der Waals surface area contributed by atoms with Crippen molar-refractivity contribution < 1.29 is 0 Å². The van der Waals surface area contributed by atoms with Gasteiger partial charge in [-0.15, -0.1) is 0 Å². The molecule has 0 bridgehead atoms. The smallest absolute Gasteiger partial charge is 0.0917 e.